The van der Waals surface area contributed by atoms with Crippen molar-refractivity contribution in [1.29, 1.82) is 0 Å². The molecule has 6 nitrogen and oxygen atoms in total. The van der Waals surface area contributed by atoms with Gasteiger partial charge in [-0.1, -0.05) is 12.1 Å². The number of para-hydroxylation sites is 2. The summed E-state index contributed by atoms with van der Waals surface area (Å²) in [5, 5.41) is 0. The molecule has 0 spiro atoms. The average molecular weight is 365 g/mol. The number of ether oxygens (including phenoxy) is 2. The van der Waals surface area contributed by atoms with Crippen LogP contribution < -0.4 is 9.47 Å². The molecule has 0 radical (unpaired) electrons. The molecule has 1 heterocycles. The van der Waals surface area contributed by atoms with E-state index in [4.69, 9.17) is 32.7 Å². The van der Waals surface area contributed by atoms with Gasteiger partial charge >= 0.3 is 11.9 Å². The van der Waals surface area contributed by atoms with E-state index in [1.165, 1.54) is 0 Å². The van der Waals surface area contributed by atoms with Crippen LogP contribution in [-0.2, 0) is 9.59 Å². The summed E-state index contributed by atoms with van der Waals surface area (Å²) < 4.78 is 10.3. The Hall–Kier alpha value is -2.44. The molecule has 0 unspecified atom stereocenters. The fourth-order valence-corrected chi connectivity index (χ4v) is 2.24. The van der Waals surface area contributed by atoms with Gasteiger partial charge in [0.1, 0.15) is 22.8 Å². The number of esters is 2. The Balaban J connectivity index is 2.16. The smallest absolute Gasteiger partial charge is 0.326 e. The standard InChI is InChI=1S/C16H10Cl2N2O4/c17-7-13(21)23-11-5-1-3-9-15(11)20-10-4-2-6-12(16(10)19-9)24-14(22)8-18/h1-6H,7-8H2. The Kier molecular flexibility index (Phi) is 4.78. The predicted octanol–water partition coefficient (Wildman–Crippen LogP) is 3.07. The van der Waals surface area contributed by atoms with Crippen LogP contribution in [0.4, 0.5) is 0 Å². The number of carbonyl (C=O) groups is 2. The maximum atomic E-state index is 11.4. The van der Waals surface area contributed by atoms with E-state index >= 15 is 0 Å². The van der Waals surface area contributed by atoms with Crippen LogP contribution in [0.5, 0.6) is 11.5 Å². The van der Waals surface area contributed by atoms with Crippen molar-refractivity contribution < 1.29 is 19.1 Å². The van der Waals surface area contributed by atoms with Crippen molar-refractivity contribution in [2.45, 2.75) is 0 Å². The van der Waals surface area contributed by atoms with E-state index in [1.54, 1.807) is 36.4 Å². The van der Waals surface area contributed by atoms with Crippen LogP contribution in [0.25, 0.3) is 22.1 Å². The maximum Gasteiger partial charge on any atom is 0.326 e. The topological polar surface area (TPSA) is 78.4 Å². The minimum absolute atomic E-state index is 0.260. The SMILES string of the molecule is O=C(CCl)Oc1cccc2nc3c(OC(=O)CCl)cccc3nc12. The van der Waals surface area contributed by atoms with E-state index in [2.05, 4.69) is 9.97 Å². The molecule has 122 valence electrons. The van der Waals surface area contributed by atoms with Gasteiger partial charge in [0.2, 0.25) is 0 Å². The lowest BCUT2D eigenvalue weighted by Crippen LogP contribution is -2.10. The minimum Gasteiger partial charge on any atom is -0.423 e. The van der Waals surface area contributed by atoms with Crippen LogP contribution in [0.1, 0.15) is 0 Å². The minimum atomic E-state index is -0.587. The summed E-state index contributed by atoms with van der Waals surface area (Å²) in [5.74, 6) is -1.19. The van der Waals surface area contributed by atoms with E-state index in [1.807, 2.05) is 0 Å². The van der Waals surface area contributed by atoms with Gasteiger partial charge in [-0.2, -0.15) is 0 Å². The van der Waals surface area contributed by atoms with Crippen molar-refractivity contribution in [3.63, 3.8) is 0 Å². The number of fused-ring (bicyclic) bond motifs is 2. The molecule has 0 aliphatic rings. The van der Waals surface area contributed by atoms with Gasteiger partial charge in [-0.3, -0.25) is 9.59 Å². The zero-order chi connectivity index (χ0) is 17.1. The van der Waals surface area contributed by atoms with Gasteiger partial charge < -0.3 is 9.47 Å². The second kappa shape index (κ2) is 6.98. The molecule has 1 aromatic heterocycles. The van der Waals surface area contributed by atoms with Gasteiger partial charge in [0, 0.05) is 0 Å². The number of rotatable bonds is 4. The quantitative estimate of drug-likeness (QED) is 0.306. The van der Waals surface area contributed by atoms with Crippen LogP contribution in [0.3, 0.4) is 0 Å². The van der Waals surface area contributed by atoms with E-state index in [-0.39, 0.29) is 23.3 Å². The van der Waals surface area contributed by atoms with Gasteiger partial charge in [0.15, 0.2) is 11.5 Å². The van der Waals surface area contributed by atoms with Crippen molar-refractivity contribution in [3.05, 3.63) is 36.4 Å². The molecule has 3 aromatic rings. The molecule has 0 amide bonds. The van der Waals surface area contributed by atoms with Crippen LogP contribution in [0, 0.1) is 0 Å². The van der Waals surface area contributed by atoms with Gasteiger partial charge in [-0.25, -0.2) is 9.97 Å². The Morgan fingerprint density at radius 2 is 1.21 bits per heavy atom. The number of benzene rings is 2. The second-order valence-electron chi connectivity index (χ2n) is 4.69. The zero-order valence-corrected chi connectivity index (χ0v) is 13.7. The highest BCUT2D eigenvalue weighted by atomic mass is 35.5. The van der Waals surface area contributed by atoms with Gasteiger partial charge in [0.25, 0.3) is 0 Å². The average Bonchev–Trinajstić information content (AvgIpc) is 2.60. The third-order valence-electron chi connectivity index (χ3n) is 3.09. The largest absolute Gasteiger partial charge is 0.423 e. The van der Waals surface area contributed by atoms with Gasteiger partial charge in [-0.15, -0.1) is 23.2 Å². The number of halogens is 2. The molecule has 2 aromatic carbocycles. The maximum absolute atomic E-state index is 11.4. The zero-order valence-electron chi connectivity index (χ0n) is 12.2. The predicted molar refractivity (Wildman–Crippen MR) is 89.8 cm³/mol. The summed E-state index contributed by atoms with van der Waals surface area (Å²) in [7, 11) is 0. The highest BCUT2D eigenvalue weighted by Gasteiger charge is 2.14. The molecule has 0 saturated carbocycles. The molecule has 0 aliphatic heterocycles. The van der Waals surface area contributed by atoms with Crippen LogP contribution in [0.15, 0.2) is 36.4 Å². The number of alkyl halides is 2. The van der Waals surface area contributed by atoms with Crippen molar-refractivity contribution in [2.24, 2.45) is 0 Å². The first-order valence-corrected chi connectivity index (χ1v) is 7.92. The lowest BCUT2D eigenvalue weighted by atomic mass is 10.2. The van der Waals surface area contributed by atoms with Gasteiger partial charge in [-0.05, 0) is 24.3 Å². The van der Waals surface area contributed by atoms with Crippen molar-refractivity contribution in [1.82, 2.24) is 9.97 Å². The summed E-state index contributed by atoms with van der Waals surface area (Å²) in [6.07, 6.45) is 0. The number of hydrogen-bond acceptors (Lipinski definition) is 6. The molecule has 24 heavy (non-hydrogen) atoms. The molecule has 3 rings (SSSR count). The summed E-state index contributed by atoms with van der Waals surface area (Å²) in [4.78, 5) is 31.8. The number of nitrogens with zero attached hydrogens (tertiary/aromatic N) is 2. The van der Waals surface area contributed by atoms with Gasteiger partial charge in [0.05, 0.1) is 11.0 Å². The van der Waals surface area contributed by atoms with E-state index in [9.17, 15) is 9.59 Å². The lowest BCUT2D eigenvalue weighted by molar-refractivity contribution is -0.132. The number of carbonyl (C=O) groups excluding carboxylic acids is 2. The van der Waals surface area contributed by atoms with Crippen LogP contribution in [-0.4, -0.2) is 33.7 Å². The third kappa shape index (κ3) is 3.25. The molecule has 0 bridgehead atoms. The summed E-state index contributed by atoms with van der Waals surface area (Å²) in [6.45, 7) is 0. The second-order valence-corrected chi connectivity index (χ2v) is 5.22. The van der Waals surface area contributed by atoms with Crippen LogP contribution >= 0.6 is 23.2 Å². The molecule has 8 heteroatoms. The highest BCUT2D eigenvalue weighted by Crippen LogP contribution is 2.29. The Bertz CT molecular complexity index is 868. The first kappa shape index (κ1) is 16.4. The molecule has 0 atom stereocenters. The third-order valence-corrected chi connectivity index (χ3v) is 3.52. The van der Waals surface area contributed by atoms with E-state index < -0.39 is 11.9 Å². The summed E-state index contributed by atoms with van der Waals surface area (Å²) in [5.41, 5.74) is 1.78. The van der Waals surface area contributed by atoms with Crippen LogP contribution in [0.2, 0.25) is 0 Å². The first-order chi connectivity index (χ1) is 11.6. The molecule has 0 aliphatic carbocycles. The Morgan fingerprint density at radius 3 is 1.58 bits per heavy atom. The van der Waals surface area contributed by atoms with E-state index in [0.29, 0.717) is 22.1 Å². The Morgan fingerprint density at radius 1 is 0.792 bits per heavy atom. The summed E-state index contributed by atoms with van der Waals surface area (Å²) in [6, 6.07) is 9.97. The normalized spacial score (nSPS) is 10.8. The highest BCUT2D eigenvalue weighted by molar-refractivity contribution is 6.27. The molecular weight excluding hydrogens is 355 g/mol. The molecular formula is C16H10Cl2N2O4. The fraction of sp³-hybridized carbons (Fsp3) is 0.125. The monoisotopic (exact) mass is 364 g/mol. The lowest BCUT2D eigenvalue weighted by Gasteiger charge is -2.09. The summed E-state index contributed by atoms with van der Waals surface area (Å²) >= 11 is 10.9. The number of hydrogen-bond donors (Lipinski definition) is 0. The fourth-order valence-electron chi connectivity index (χ4n) is 2.13. The molecule has 0 saturated heterocycles. The molecule has 0 N–H and O–H groups in total. The molecule has 0 fully saturated rings. The van der Waals surface area contributed by atoms with Crippen molar-refractivity contribution in [2.75, 3.05) is 11.8 Å². The van der Waals surface area contributed by atoms with Crippen molar-refractivity contribution in [3.8, 4) is 11.5 Å². The first-order valence-electron chi connectivity index (χ1n) is 6.85. The van der Waals surface area contributed by atoms with E-state index in [0.717, 1.165) is 0 Å². The number of aromatic nitrogens is 2. The Labute approximate surface area is 146 Å². The van der Waals surface area contributed by atoms with Crippen molar-refractivity contribution >= 4 is 57.2 Å².